The first-order valence-corrected chi connectivity index (χ1v) is 9.32. The number of carbonyl (C=O) groups is 1. The second kappa shape index (κ2) is 6.44. The Morgan fingerprint density at radius 2 is 2.04 bits per heavy atom. The monoisotopic (exact) mass is 345 g/mol. The van der Waals surface area contributed by atoms with Crippen molar-refractivity contribution in [3.8, 4) is 0 Å². The zero-order chi connectivity index (χ0) is 17.4. The number of aromatic nitrogens is 2. The van der Waals surface area contributed by atoms with E-state index in [2.05, 4.69) is 19.8 Å². The van der Waals surface area contributed by atoms with E-state index in [0.29, 0.717) is 17.9 Å². The SMILES string of the molecule is Cc1cc(N2CCC3(CCCN(C4CCOCC4)C3=O)C2)nc(N)n1. The van der Waals surface area contributed by atoms with E-state index in [-0.39, 0.29) is 5.41 Å². The molecule has 1 unspecified atom stereocenters. The topological polar surface area (TPSA) is 84.6 Å². The lowest BCUT2D eigenvalue weighted by Crippen LogP contribution is -2.54. The van der Waals surface area contributed by atoms with Gasteiger partial charge in [-0.3, -0.25) is 4.79 Å². The molecule has 3 aliphatic rings. The molecule has 0 saturated carbocycles. The summed E-state index contributed by atoms with van der Waals surface area (Å²) in [5, 5.41) is 0. The second-order valence-corrected chi connectivity index (χ2v) is 7.62. The van der Waals surface area contributed by atoms with E-state index in [1.54, 1.807) is 0 Å². The number of hydrogen-bond donors (Lipinski definition) is 1. The van der Waals surface area contributed by atoms with Crippen LogP contribution in [0.15, 0.2) is 6.07 Å². The number of likely N-dealkylation sites (tertiary alicyclic amines) is 1. The number of carbonyl (C=O) groups excluding carboxylic acids is 1. The van der Waals surface area contributed by atoms with Gasteiger partial charge in [-0.05, 0) is 39.0 Å². The van der Waals surface area contributed by atoms with Crippen LogP contribution in [0.2, 0.25) is 0 Å². The van der Waals surface area contributed by atoms with Crippen LogP contribution in [0.3, 0.4) is 0 Å². The fraction of sp³-hybridized carbons (Fsp3) is 0.722. The summed E-state index contributed by atoms with van der Waals surface area (Å²) in [6.45, 7) is 5.95. The zero-order valence-electron chi connectivity index (χ0n) is 14.9. The van der Waals surface area contributed by atoms with Gasteiger partial charge in [0.1, 0.15) is 5.82 Å². The minimum atomic E-state index is -0.260. The van der Waals surface area contributed by atoms with Crippen LogP contribution in [-0.2, 0) is 9.53 Å². The summed E-state index contributed by atoms with van der Waals surface area (Å²) in [7, 11) is 0. The number of hydrogen-bond acceptors (Lipinski definition) is 6. The predicted molar refractivity (Wildman–Crippen MR) is 95.2 cm³/mol. The first-order valence-electron chi connectivity index (χ1n) is 9.32. The van der Waals surface area contributed by atoms with Crippen LogP contribution in [0.4, 0.5) is 11.8 Å². The van der Waals surface area contributed by atoms with Gasteiger partial charge in [-0.25, -0.2) is 4.98 Å². The maximum atomic E-state index is 13.4. The highest BCUT2D eigenvalue weighted by atomic mass is 16.5. The third-order valence-electron chi connectivity index (χ3n) is 5.94. The summed E-state index contributed by atoms with van der Waals surface area (Å²) < 4.78 is 5.47. The predicted octanol–water partition coefficient (Wildman–Crippen LogP) is 1.37. The van der Waals surface area contributed by atoms with Crippen molar-refractivity contribution in [3.63, 3.8) is 0 Å². The number of amides is 1. The number of piperidine rings is 1. The fourth-order valence-electron chi connectivity index (χ4n) is 4.63. The molecule has 7 heteroatoms. The Morgan fingerprint density at radius 3 is 2.80 bits per heavy atom. The van der Waals surface area contributed by atoms with Gasteiger partial charge in [0.2, 0.25) is 11.9 Å². The molecular weight excluding hydrogens is 318 g/mol. The summed E-state index contributed by atoms with van der Waals surface area (Å²) in [5.41, 5.74) is 6.41. The van der Waals surface area contributed by atoms with Gasteiger partial charge in [0.15, 0.2) is 0 Å². The lowest BCUT2D eigenvalue weighted by atomic mass is 9.77. The summed E-state index contributed by atoms with van der Waals surface area (Å²) >= 11 is 0. The standard InChI is InChI=1S/C18H27N5O2/c1-13-11-15(21-17(19)20-13)22-8-6-18(12-22)5-2-7-23(16(18)24)14-3-9-25-10-4-14/h11,14H,2-10,12H2,1H3,(H2,19,20,21). The molecule has 3 aliphatic heterocycles. The van der Waals surface area contributed by atoms with Crippen molar-refractivity contribution in [1.29, 1.82) is 0 Å². The molecule has 4 rings (SSSR count). The fourth-order valence-corrected chi connectivity index (χ4v) is 4.63. The maximum Gasteiger partial charge on any atom is 0.230 e. The van der Waals surface area contributed by atoms with Gasteiger partial charge in [-0.2, -0.15) is 4.98 Å². The molecule has 1 atom stereocenters. The Balaban J connectivity index is 1.52. The van der Waals surface area contributed by atoms with Crippen molar-refractivity contribution < 1.29 is 9.53 Å². The molecule has 7 nitrogen and oxygen atoms in total. The lowest BCUT2D eigenvalue weighted by Gasteiger charge is -2.44. The largest absolute Gasteiger partial charge is 0.381 e. The Morgan fingerprint density at radius 1 is 1.24 bits per heavy atom. The third-order valence-corrected chi connectivity index (χ3v) is 5.94. The van der Waals surface area contributed by atoms with E-state index >= 15 is 0 Å². The molecule has 0 aliphatic carbocycles. The molecule has 1 aromatic rings. The molecule has 1 amide bonds. The Bertz CT molecular complexity index is 641. The quantitative estimate of drug-likeness (QED) is 0.871. The zero-order valence-corrected chi connectivity index (χ0v) is 14.9. The summed E-state index contributed by atoms with van der Waals surface area (Å²) in [6.07, 6.45) is 4.89. The minimum absolute atomic E-state index is 0.260. The van der Waals surface area contributed by atoms with Crippen molar-refractivity contribution in [2.45, 2.75) is 45.1 Å². The number of aryl methyl sites for hydroxylation is 1. The highest BCUT2D eigenvalue weighted by Crippen LogP contribution is 2.42. The smallest absolute Gasteiger partial charge is 0.230 e. The second-order valence-electron chi connectivity index (χ2n) is 7.62. The average Bonchev–Trinajstić information content (AvgIpc) is 3.03. The van der Waals surface area contributed by atoms with Crippen LogP contribution in [0.1, 0.15) is 37.8 Å². The van der Waals surface area contributed by atoms with E-state index in [0.717, 1.165) is 76.5 Å². The van der Waals surface area contributed by atoms with Crippen LogP contribution in [0.5, 0.6) is 0 Å². The number of rotatable bonds is 2. The number of anilines is 2. The normalized spacial score (nSPS) is 28.1. The van der Waals surface area contributed by atoms with Crippen LogP contribution in [0, 0.1) is 12.3 Å². The molecule has 0 bridgehead atoms. The van der Waals surface area contributed by atoms with Gasteiger partial charge < -0.3 is 20.3 Å². The minimum Gasteiger partial charge on any atom is -0.381 e. The highest BCUT2D eigenvalue weighted by Gasteiger charge is 2.50. The summed E-state index contributed by atoms with van der Waals surface area (Å²) in [5.74, 6) is 1.49. The van der Waals surface area contributed by atoms with Gasteiger partial charge in [0.05, 0.1) is 5.41 Å². The van der Waals surface area contributed by atoms with Gasteiger partial charge in [0, 0.05) is 50.7 Å². The van der Waals surface area contributed by atoms with E-state index in [4.69, 9.17) is 10.5 Å². The van der Waals surface area contributed by atoms with Crippen molar-refractivity contribution in [2.75, 3.05) is 43.5 Å². The summed E-state index contributed by atoms with van der Waals surface area (Å²) in [6, 6.07) is 2.31. The van der Waals surface area contributed by atoms with E-state index in [1.165, 1.54) is 0 Å². The molecule has 4 heterocycles. The van der Waals surface area contributed by atoms with Crippen molar-refractivity contribution in [2.24, 2.45) is 5.41 Å². The van der Waals surface area contributed by atoms with Crippen molar-refractivity contribution >= 4 is 17.7 Å². The van der Waals surface area contributed by atoms with Crippen molar-refractivity contribution in [1.82, 2.24) is 14.9 Å². The lowest BCUT2D eigenvalue weighted by molar-refractivity contribution is -0.149. The van der Waals surface area contributed by atoms with Crippen LogP contribution < -0.4 is 10.6 Å². The molecule has 0 aromatic carbocycles. The van der Waals surface area contributed by atoms with E-state index in [1.807, 2.05) is 13.0 Å². The van der Waals surface area contributed by atoms with E-state index in [9.17, 15) is 4.79 Å². The summed E-state index contributed by atoms with van der Waals surface area (Å²) in [4.78, 5) is 26.2. The molecule has 2 N–H and O–H groups in total. The Kier molecular flexibility index (Phi) is 4.27. The number of nitrogen functional groups attached to an aromatic ring is 1. The van der Waals surface area contributed by atoms with Crippen LogP contribution in [0.25, 0.3) is 0 Å². The molecule has 0 radical (unpaired) electrons. The van der Waals surface area contributed by atoms with Gasteiger partial charge in [-0.1, -0.05) is 0 Å². The molecule has 1 aromatic heterocycles. The Hall–Kier alpha value is -1.89. The number of ether oxygens (including phenoxy) is 1. The Labute approximate surface area is 148 Å². The van der Waals surface area contributed by atoms with Gasteiger partial charge >= 0.3 is 0 Å². The van der Waals surface area contributed by atoms with E-state index < -0.39 is 0 Å². The highest BCUT2D eigenvalue weighted by molar-refractivity contribution is 5.85. The van der Waals surface area contributed by atoms with Gasteiger partial charge in [-0.15, -0.1) is 0 Å². The molecule has 25 heavy (non-hydrogen) atoms. The van der Waals surface area contributed by atoms with Crippen LogP contribution in [-0.4, -0.2) is 59.7 Å². The van der Waals surface area contributed by atoms with Gasteiger partial charge in [0.25, 0.3) is 0 Å². The average molecular weight is 345 g/mol. The number of nitrogens with zero attached hydrogens (tertiary/aromatic N) is 4. The molecule has 3 fully saturated rings. The molecule has 136 valence electrons. The van der Waals surface area contributed by atoms with Crippen molar-refractivity contribution in [3.05, 3.63) is 11.8 Å². The third kappa shape index (κ3) is 3.05. The number of nitrogens with two attached hydrogens (primary N) is 1. The first-order chi connectivity index (χ1) is 12.1. The van der Waals surface area contributed by atoms with Crippen LogP contribution >= 0.6 is 0 Å². The molecule has 3 saturated heterocycles. The first kappa shape index (κ1) is 16.6. The molecule has 1 spiro atoms. The molecular formula is C18H27N5O2. The maximum absolute atomic E-state index is 13.4.